The van der Waals surface area contributed by atoms with Crippen LogP contribution in [0.5, 0.6) is 5.75 Å². The molecule has 0 saturated carbocycles. The van der Waals surface area contributed by atoms with Gasteiger partial charge in [-0.3, -0.25) is 0 Å². The molecule has 0 spiro atoms. The maximum Gasteiger partial charge on any atom is 0.119 e. The van der Waals surface area contributed by atoms with E-state index in [-0.39, 0.29) is 12.4 Å². The maximum atomic E-state index is 6.19. The Balaban J connectivity index is 0.00000280. The molecule has 6 heteroatoms. The van der Waals surface area contributed by atoms with Crippen LogP contribution in [0.1, 0.15) is 26.7 Å². The quantitative estimate of drug-likeness (QED) is 0.339. The lowest BCUT2D eigenvalue weighted by molar-refractivity contribution is 0.298. The topological polar surface area (TPSA) is 37.4 Å². The highest BCUT2D eigenvalue weighted by Crippen LogP contribution is 2.34. The number of halogens is 2. The van der Waals surface area contributed by atoms with Crippen LogP contribution in [0, 0.1) is 0 Å². The highest BCUT2D eigenvalue weighted by molar-refractivity contribution is 6.31. The second-order valence-corrected chi connectivity index (χ2v) is 7.13. The van der Waals surface area contributed by atoms with E-state index in [0.717, 1.165) is 65.8 Å². The molecule has 0 bridgehead atoms. The van der Waals surface area contributed by atoms with Gasteiger partial charge in [0, 0.05) is 22.3 Å². The van der Waals surface area contributed by atoms with Crippen LogP contribution in [0.2, 0.25) is 5.02 Å². The van der Waals surface area contributed by atoms with Gasteiger partial charge in [-0.05, 0) is 68.9 Å². The Hall–Kier alpha value is -1.75. The molecule has 0 atom stereocenters. The lowest BCUT2D eigenvalue weighted by Crippen LogP contribution is -2.24. The van der Waals surface area contributed by atoms with Gasteiger partial charge in [0.15, 0.2) is 0 Å². The molecule has 0 aliphatic heterocycles. The van der Waals surface area contributed by atoms with Gasteiger partial charge in [0.2, 0.25) is 0 Å². The zero-order valence-corrected chi connectivity index (χ0v) is 18.4. The molecule has 4 nitrogen and oxygen atoms in total. The highest BCUT2D eigenvalue weighted by atomic mass is 35.5. The zero-order valence-electron chi connectivity index (χ0n) is 16.8. The van der Waals surface area contributed by atoms with Crippen LogP contribution in [0.4, 0.5) is 5.69 Å². The standard InChI is InChI=1S/C22H28ClN3O.ClH/c1-4-26(5-2)13-7-6-12-24-22-18-10-8-16(23)14-21(18)25-20-11-9-17(27-3)15-19(20)22;/h8-11,14-15H,4-7,12-13H2,1-3H3,(H,24,25);1H. The molecule has 0 fully saturated rings. The van der Waals surface area contributed by atoms with E-state index in [0.29, 0.717) is 5.02 Å². The van der Waals surface area contributed by atoms with Gasteiger partial charge in [-0.15, -0.1) is 12.4 Å². The number of unbranched alkanes of at least 4 members (excludes halogenated alkanes) is 1. The first-order chi connectivity index (χ1) is 13.2. The van der Waals surface area contributed by atoms with Gasteiger partial charge >= 0.3 is 0 Å². The molecule has 2 aromatic carbocycles. The predicted octanol–water partition coefficient (Wildman–Crippen LogP) is 6.01. The molecular weight excluding hydrogens is 393 g/mol. The van der Waals surface area contributed by atoms with Gasteiger partial charge in [-0.1, -0.05) is 25.4 Å². The van der Waals surface area contributed by atoms with E-state index >= 15 is 0 Å². The van der Waals surface area contributed by atoms with E-state index in [4.69, 9.17) is 21.3 Å². The number of hydrogen-bond donors (Lipinski definition) is 1. The fraction of sp³-hybridized carbons (Fsp3) is 0.409. The second-order valence-electron chi connectivity index (χ2n) is 6.69. The average molecular weight is 422 g/mol. The summed E-state index contributed by atoms with van der Waals surface area (Å²) >= 11 is 6.19. The predicted molar refractivity (Wildman–Crippen MR) is 124 cm³/mol. The first-order valence-corrected chi connectivity index (χ1v) is 10.1. The van der Waals surface area contributed by atoms with E-state index in [1.165, 1.54) is 6.42 Å². The summed E-state index contributed by atoms with van der Waals surface area (Å²) < 4.78 is 5.42. The number of benzene rings is 2. The molecule has 1 aromatic heterocycles. The second kappa shape index (κ2) is 10.7. The third kappa shape index (κ3) is 5.19. The summed E-state index contributed by atoms with van der Waals surface area (Å²) in [7, 11) is 1.69. The zero-order chi connectivity index (χ0) is 19.2. The molecule has 0 unspecified atom stereocenters. The number of nitrogens with one attached hydrogen (secondary N) is 1. The fourth-order valence-corrected chi connectivity index (χ4v) is 3.59. The summed E-state index contributed by atoms with van der Waals surface area (Å²) in [4.78, 5) is 7.24. The normalized spacial score (nSPS) is 11.0. The van der Waals surface area contributed by atoms with Gasteiger partial charge in [-0.2, -0.15) is 0 Å². The van der Waals surface area contributed by atoms with Crippen molar-refractivity contribution in [1.29, 1.82) is 0 Å². The first-order valence-electron chi connectivity index (χ1n) is 9.69. The lowest BCUT2D eigenvalue weighted by Gasteiger charge is -2.18. The number of aromatic nitrogens is 1. The van der Waals surface area contributed by atoms with Crippen LogP contribution in [0.15, 0.2) is 36.4 Å². The van der Waals surface area contributed by atoms with Crippen molar-refractivity contribution >= 4 is 51.5 Å². The number of pyridine rings is 1. The minimum absolute atomic E-state index is 0. The number of hydrogen-bond acceptors (Lipinski definition) is 4. The van der Waals surface area contributed by atoms with E-state index in [2.05, 4.69) is 30.1 Å². The third-order valence-electron chi connectivity index (χ3n) is 5.04. The molecule has 0 aliphatic rings. The van der Waals surface area contributed by atoms with Crippen molar-refractivity contribution in [3.8, 4) is 5.75 Å². The molecular formula is C22H29Cl2N3O. The van der Waals surface area contributed by atoms with Crippen LogP contribution >= 0.6 is 24.0 Å². The number of nitrogens with zero attached hydrogens (tertiary/aromatic N) is 2. The molecule has 28 heavy (non-hydrogen) atoms. The summed E-state index contributed by atoms with van der Waals surface area (Å²) in [5.74, 6) is 0.835. The molecule has 1 N–H and O–H groups in total. The first kappa shape index (κ1) is 22.5. The van der Waals surface area contributed by atoms with Gasteiger partial charge in [-0.25, -0.2) is 4.98 Å². The van der Waals surface area contributed by atoms with Crippen molar-refractivity contribution in [2.75, 3.05) is 38.6 Å². The SMILES string of the molecule is CCN(CC)CCCCNc1c2ccc(Cl)cc2nc2ccc(OC)cc12.Cl. The van der Waals surface area contributed by atoms with E-state index < -0.39 is 0 Å². The Morgan fingerprint density at radius 1 is 1.00 bits per heavy atom. The number of ether oxygens (including phenoxy) is 1. The number of fused-ring (bicyclic) bond motifs is 2. The minimum Gasteiger partial charge on any atom is -0.497 e. The largest absolute Gasteiger partial charge is 0.497 e. The summed E-state index contributed by atoms with van der Waals surface area (Å²) in [6.45, 7) is 8.74. The van der Waals surface area contributed by atoms with Crippen molar-refractivity contribution in [2.45, 2.75) is 26.7 Å². The molecule has 0 aliphatic carbocycles. The Morgan fingerprint density at radius 3 is 2.50 bits per heavy atom. The number of rotatable bonds is 9. The average Bonchev–Trinajstić information content (AvgIpc) is 2.69. The molecule has 0 amide bonds. The van der Waals surface area contributed by atoms with Crippen molar-refractivity contribution in [3.63, 3.8) is 0 Å². The van der Waals surface area contributed by atoms with Gasteiger partial charge in [0.1, 0.15) is 5.75 Å². The lowest BCUT2D eigenvalue weighted by atomic mass is 10.1. The molecule has 0 saturated heterocycles. The van der Waals surface area contributed by atoms with Gasteiger partial charge in [0.25, 0.3) is 0 Å². The number of anilines is 1. The van der Waals surface area contributed by atoms with Crippen LogP contribution in [0.3, 0.4) is 0 Å². The van der Waals surface area contributed by atoms with Gasteiger partial charge < -0.3 is 15.0 Å². The summed E-state index contributed by atoms with van der Waals surface area (Å²) in [6.07, 6.45) is 2.31. The summed E-state index contributed by atoms with van der Waals surface area (Å²) in [6, 6.07) is 11.9. The van der Waals surface area contributed by atoms with Crippen molar-refractivity contribution in [3.05, 3.63) is 41.4 Å². The summed E-state index contributed by atoms with van der Waals surface area (Å²) in [5, 5.41) is 6.52. The Kier molecular flexibility index (Phi) is 8.61. The van der Waals surface area contributed by atoms with Crippen LogP contribution in [-0.2, 0) is 0 Å². The molecule has 3 rings (SSSR count). The van der Waals surface area contributed by atoms with Gasteiger partial charge in [0.05, 0.1) is 23.8 Å². The molecule has 152 valence electrons. The fourth-order valence-electron chi connectivity index (χ4n) is 3.43. The maximum absolute atomic E-state index is 6.19. The highest BCUT2D eigenvalue weighted by Gasteiger charge is 2.11. The Labute approximate surface area is 178 Å². The van der Waals surface area contributed by atoms with Crippen molar-refractivity contribution in [1.82, 2.24) is 9.88 Å². The van der Waals surface area contributed by atoms with Crippen molar-refractivity contribution < 1.29 is 4.74 Å². The van der Waals surface area contributed by atoms with Crippen LogP contribution in [-0.4, -0.2) is 43.2 Å². The molecule has 0 radical (unpaired) electrons. The van der Waals surface area contributed by atoms with E-state index in [1.807, 2.05) is 30.3 Å². The summed E-state index contributed by atoms with van der Waals surface area (Å²) in [5.41, 5.74) is 2.95. The van der Waals surface area contributed by atoms with Crippen molar-refractivity contribution in [2.24, 2.45) is 0 Å². The Morgan fingerprint density at radius 2 is 1.79 bits per heavy atom. The third-order valence-corrected chi connectivity index (χ3v) is 5.28. The number of methoxy groups -OCH3 is 1. The van der Waals surface area contributed by atoms with Crippen LogP contribution < -0.4 is 10.1 Å². The monoisotopic (exact) mass is 421 g/mol. The van der Waals surface area contributed by atoms with E-state index in [9.17, 15) is 0 Å². The van der Waals surface area contributed by atoms with Crippen LogP contribution in [0.25, 0.3) is 21.8 Å². The molecule has 3 aromatic rings. The smallest absolute Gasteiger partial charge is 0.119 e. The Bertz CT molecular complexity index is 913. The minimum atomic E-state index is 0. The van der Waals surface area contributed by atoms with E-state index in [1.54, 1.807) is 7.11 Å². The molecule has 1 heterocycles.